The van der Waals surface area contributed by atoms with Crippen LogP contribution >= 0.6 is 0 Å². The topological polar surface area (TPSA) is 86.6 Å². The van der Waals surface area contributed by atoms with Gasteiger partial charge in [0.15, 0.2) is 0 Å². The Morgan fingerprint density at radius 1 is 1.14 bits per heavy atom. The molecular weight excluding hydrogens is 270 g/mol. The average Bonchev–Trinajstić information content (AvgIpc) is 2.45. The van der Waals surface area contributed by atoms with Crippen molar-refractivity contribution in [3.63, 3.8) is 0 Å². The van der Waals surface area contributed by atoms with Gasteiger partial charge in [0.1, 0.15) is 0 Å². The summed E-state index contributed by atoms with van der Waals surface area (Å²) in [6.07, 6.45) is 1.45. The van der Waals surface area contributed by atoms with Crippen molar-refractivity contribution >= 4 is 11.9 Å². The third-order valence-electron chi connectivity index (χ3n) is 3.50. The Morgan fingerprint density at radius 2 is 1.76 bits per heavy atom. The van der Waals surface area contributed by atoms with E-state index < -0.39 is 5.97 Å². The molecule has 3 N–H and O–H groups in total. The molecule has 0 bridgehead atoms. The van der Waals surface area contributed by atoms with Crippen LogP contribution in [0.2, 0.25) is 0 Å². The van der Waals surface area contributed by atoms with Crippen LogP contribution in [0.1, 0.15) is 49.0 Å². The largest absolute Gasteiger partial charge is 0.481 e. The molecule has 0 heterocycles. The molecule has 0 radical (unpaired) electrons. The van der Waals surface area contributed by atoms with E-state index in [0.717, 1.165) is 12.0 Å². The van der Waals surface area contributed by atoms with Crippen LogP contribution in [-0.2, 0) is 11.4 Å². The predicted molar refractivity (Wildman–Crippen MR) is 80.0 cm³/mol. The lowest BCUT2D eigenvalue weighted by Crippen LogP contribution is -2.28. The maximum absolute atomic E-state index is 11.9. The normalized spacial score (nSPS) is 11.2. The molecule has 1 aromatic rings. The first-order chi connectivity index (χ1) is 9.84. The number of aliphatic carboxylic acids is 1. The molecule has 5 nitrogen and oxygen atoms in total. The van der Waals surface area contributed by atoms with E-state index in [2.05, 4.69) is 5.32 Å². The quantitative estimate of drug-likeness (QED) is 0.685. The fourth-order valence-corrected chi connectivity index (χ4v) is 1.95. The average molecular weight is 293 g/mol. The van der Waals surface area contributed by atoms with Crippen LogP contribution in [0.5, 0.6) is 0 Å². The van der Waals surface area contributed by atoms with Crippen LogP contribution in [0.15, 0.2) is 24.3 Å². The van der Waals surface area contributed by atoms with Crippen molar-refractivity contribution in [1.82, 2.24) is 5.32 Å². The summed E-state index contributed by atoms with van der Waals surface area (Å²) in [5, 5.41) is 20.5. The summed E-state index contributed by atoms with van der Waals surface area (Å²) in [5.74, 6) is -0.954. The second-order valence-electron chi connectivity index (χ2n) is 5.92. The van der Waals surface area contributed by atoms with Crippen LogP contribution in [0, 0.1) is 5.41 Å². The van der Waals surface area contributed by atoms with Gasteiger partial charge in [-0.1, -0.05) is 26.0 Å². The molecule has 0 fully saturated rings. The Morgan fingerprint density at radius 3 is 2.29 bits per heavy atom. The second-order valence-corrected chi connectivity index (χ2v) is 5.92. The summed E-state index contributed by atoms with van der Waals surface area (Å²) in [7, 11) is 0. The van der Waals surface area contributed by atoms with Crippen molar-refractivity contribution in [2.45, 2.75) is 39.7 Å². The zero-order valence-corrected chi connectivity index (χ0v) is 12.6. The van der Waals surface area contributed by atoms with Crippen LogP contribution in [0.25, 0.3) is 0 Å². The molecule has 0 spiro atoms. The molecule has 0 aliphatic heterocycles. The molecule has 0 saturated heterocycles. The summed E-state index contributed by atoms with van der Waals surface area (Å²) in [6, 6.07) is 6.78. The summed E-state index contributed by atoms with van der Waals surface area (Å²) < 4.78 is 0. The van der Waals surface area contributed by atoms with Crippen molar-refractivity contribution in [2.75, 3.05) is 6.54 Å². The zero-order valence-electron chi connectivity index (χ0n) is 12.6. The Balaban J connectivity index is 2.40. The molecule has 0 atom stereocenters. The van der Waals surface area contributed by atoms with Crippen molar-refractivity contribution in [2.24, 2.45) is 5.41 Å². The standard InChI is InChI=1S/C16H23NO4/c1-16(2,8-7-14(19)20)9-10-17-15(21)13-5-3-12(11-18)4-6-13/h3-6,18H,7-11H2,1-2H3,(H,17,21)(H,19,20). The summed E-state index contributed by atoms with van der Waals surface area (Å²) in [4.78, 5) is 22.5. The van der Waals surface area contributed by atoms with E-state index in [4.69, 9.17) is 10.2 Å². The Kier molecular flexibility index (Phi) is 6.37. The molecule has 116 valence electrons. The molecule has 0 saturated carbocycles. The summed E-state index contributed by atoms with van der Waals surface area (Å²) in [5.41, 5.74) is 1.20. The number of carboxylic acids is 1. The number of carboxylic acid groups (broad SMARTS) is 1. The van der Waals surface area contributed by atoms with Crippen LogP contribution < -0.4 is 5.32 Å². The number of aliphatic hydroxyl groups is 1. The van der Waals surface area contributed by atoms with Gasteiger partial charge in [-0.05, 0) is 36.0 Å². The van der Waals surface area contributed by atoms with Gasteiger partial charge in [-0.3, -0.25) is 9.59 Å². The second kappa shape index (κ2) is 7.78. The Bertz CT molecular complexity index is 480. The first-order valence-electron chi connectivity index (χ1n) is 7.04. The molecule has 0 aromatic heterocycles. The number of rotatable bonds is 8. The van der Waals surface area contributed by atoms with Gasteiger partial charge in [-0.25, -0.2) is 0 Å². The number of carbonyl (C=O) groups excluding carboxylic acids is 1. The number of hydrogen-bond acceptors (Lipinski definition) is 3. The van der Waals surface area contributed by atoms with E-state index in [-0.39, 0.29) is 24.3 Å². The molecule has 1 rings (SSSR count). The Hall–Kier alpha value is -1.88. The highest BCUT2D eigenvalue weighted by Crippen LogP contribution is 2.26. The van der Waals surface area contributed by atoms with Gasteiger partial charge in [0.25, 0.3) is 5.91 Å². The third kappa shape index (κ3) is 6.40. The summed E-state index contributed by atoms with van der Waals surface area (Å²) in [6.45, 7) is 4.46. The van der Waals surface area contributed by atoms with Gasteiger partial charge in [-0.15, -0.1) is 0 Å². The van der Waals surface area contributed by atoms with E-state index in [1.807, 2.05) is 13.8 Å². The van der Waals surface area contributed by atoms with Crippen molar-refractivity contribution < 1.29 is 19.8 Å². The van der Waals surface area contributed by atoms with E-state index in [1.54, 1.807) is 24.3 Å². The lowest BCUT2D eigenvalue weighted by Gasteiger charge is -2.23. The van der Waals surface area contributed by atoms with E-state index in [9.17, 15) is 9.59 Å². The number of hydrogen-bond donors (Lipinski definition) is 3. The van der Waals surface area contributed by atoms with Gasteiger partial charge in [0.05, 0.1) is 6.61 Å². The van der Waals surface area contributed by atoms with E-state index in [1.165, 1.54) is 0 Å². The summed E-state index contributed by atoms with van der Waals surface area (Å²) >= 11 is 0. The molecule has 5 heteroatoms. The predicted octanol–water partition coefficient (Wildman–Crippen LogP) is 2.19. The van der Waals surface area contributed by atoms with Gasteiger partial charge < -0.3 is 15.5 Å². The molecular formula is C16H23NO4. The fraction of sp³-hybridized carbons (Fsp3) is 0.500. The number of aliphatic hydroxyl groups excluding tert-OH is 1. The van der Waals surface area contributed by atoms with Crippen LogP contribution in [-0.4, -0.2) is 28.6 Å². The van der Waals surface area contributed by atoms with Crippen molar-refractivity contribution in [3.8, 4) is 0 Å². The lowest BCUT2D eigenvalue weighted by atomic mass is 9.84. The number of nitrogens with one attached hydrogen (secondary N) is 1. The first kappa shape index (κ1) is 17.2. The molecule has 0 aliphatic rings. The Labute approximate surface area is 125 Å². The fourth-order valence-electron chi connectivity index (χ4n) is 1.95. The first-order valence-corrected chi connectivity index (χ1v) is 7.04. The number of benzene rings is 1. The molecule has 21 heavy (non-hydrogen) atoms. The highest BCUT2D eigenvalue weighted by molar-refractivity contribution is 5.94. The monoisotopic (exact) mass is 293 g/mol. The van der Waals surface area contributed by atoms with Crippen LogP contribution in [0.4, 0.5) is 0 Å². The minimum Gasteiger partial charge on any atom is -0.481 e. The highest BCUT2D eigenvalue weighted by Gasteiger charge is 2.19. The lowest BCUT2D eigenvalue weighted by molar-refractivity contribution is -0.137. The molecule has 1 aromatic carbocycles. The zero-order chi connectivity index (χ0) is 15.9. The van der Waals surface area contributed by atoms with Crippen molar-refractivity contribution in [3.05, 3.63) is 35.4 Å². The van der Waals surface area contributed by atoms with E-state index >= 15 is 0 Å². The third-order valence-corrected chi connectivity index (χ3v) is 3.50. The maximum atomic E-state index is 11.9. The number of amides is 1. The van der Waals surface area contributed by atoms with Gasteiger partial charge in [0.2, 0.25) is 0 Å². The van der Waals surface area contributed by atoms with E-state index in [0.29, 0.717) is 18.5 Å². The van der Waals surface area contributed by atoms with Gasteiger partial charge >= 0.3 is 5.97 Å². The van der Waals surface area contributed by atoms with Crippen molar-refractivity contribution in [1.29, 1.82) is 0 Å². The smallest absolute Gasteiger partial charge is 0.303 e. The SMILES string of the molecule is CC(C)(CCNC(=O)c1ccc(CO)cc1)CCC(=O)O. The molecule has 1 amide bonds. The highest BCUT2D eigenvalue weighted by atomic mass is 16.4. The van der Waals surface area contributed by atoms with Crippen LogP contribution in [0.3, 0.4) is 0 Å². The van der Waals surface area contributed by atoms with Gasteiger partial charge in [-0.2, -0.15) is 0 Å². The molecule has 0 aliphatic carbocycles. The minimum absolute atomic E-state index is 0.0420. The number of carbonyl (C=O) groups is 2. The van der Waals surface area contributed by atoms with Gasteiger partial charge in [0, 0.05) is 18.5 Å². The molecule has 0 unspecified atom stereocenters. The maximum Gasteiger partial charge on any atom is 0.303 e. The minimum atomic E-state index is -0.795.